The second-order valence-corrected chi connectivity index (χ2v) is 6.33. The smallest absolute Gasteiger partial charge is 0.255 e. The Kier molecular flexibility index (Phi) is 4.93. The summed E-state index contributed by atoms with van der Waals surface area (Å²) in [5.74, 6) is -0.166. The summed E-state index contributed by atoms with van der Waals surface area (Å²) in [4.78, 5) is 21.3. The minimum atomic E-state index is -0.166. The first-order valence-electron chi connectivity index (χ1n) is 8.96. The molecule has 0 aliphatic rings. The molecule has 1 N–H and O–H groups in total. The van der Waals surface area contributed by atoms with Gasteiger partial charge in [-0.1, -0.05) is 24.3 Å². The van der Waals surface area contributed by atoms with E-state index in [-0.39, 0.29) is 5.91 Å². The number of amides is 1. The van der Waals surface area contributed by atoms with Crippen molar-refractivity contribution in [1.82, 2.24) is 25.1 Å². The van der Waals surface area contributed by atoms with Crippen LogP contribution in [0.3, 0.4) is 0 Å². The molecule has 28 heavy (non-hydrogen) atoms. The lowest BCUT2D eigenvalue weighted by Crippen LogP contribution is -2.23. The van der Waals surface area contributed by atoms with Crippen LogP contribution in [-0.2, 0) is 6.54 Å². The van der Waals surface area contributed by atoms with Crippen molar-refractivity contribution in [2.24, 2.45) is 0 Å². The maximum atomic E-state index is 12.7. The van der Waals surface area contributed by atoms with Crippen LogP contribution in [0.5, 0.6) is 0 Å². The summed E-state index contributed by atoms with van der Waals surface area (Å²) in [6.45, 7) is 2.26. The highest BCUT2D eigenvalue weighted by molar-refractivity contribution is 5.95. The summed E-state index contributed by atoms with van der Waals surface area (Å²) in [6, 6.07) is 17.4. The van der Waals surface area contributed by atoms with Gasteiger partial charge in [-0.2, -0.15) is 5.10 Å². The maximum Gasteiger partial charge on any atom is 0.255 e. The number of nitrogens with one attached hydrogen (secondary N) is 1. The molecule has 0 aliphatic carbocycles. The number of aromatic nitrogens is 4. The second-order valence-electron chi connectivity index (χ2n) is 6.33. The van der Waals surface area contributed by atoms with Crippen LogP contribution in [0, 0.1) is 6.92 Å². The van der Waals surface area contributed by atoms with Crippen LogP contribution in [0.25, 0.3) is 16.9 Å². The van der Waals surface area contributed by atoms with Gasteiger partial charge in [-0.25, -0.2) is 4.68 Å². The van der Waals surface area contributed by atoms with Gasteiger partial charge < -0.3 is 5.32 Å². The molecule has 0 saturated heterocycles. The molecule has 1 aromatic carbocycles. The first-order valence-corrected chi connectivity index (χ1v) is 8.96. The van der Waals surface area contributed by atoms with Gasteiger partial charge in [0.15, 0.2) is 0 Å². The summed E-state index contributed by atoms with van der Waals surface area (Å²) >= 11 is 0. The average Bonchev–Trinajstić information content (AvgIpc) is 3.15. The van der Waals surface area contributed by atoms with Gasteiger partial charge in [-0.3, -0.25) is 14.8 Å². The van der Waals surface area contributed by atoms with E-state index in [2.05, 4.69) is 20.4 Å². The minimum Gasteiger partial charge on any atom is -0.348 e. The van der Waals surface area contributed by atoms with Crippen LogP contribution in [0.2, 0.25) is 0 Å². The van der Waals surface area contributed by atoms with Gasteiger partial charge in [0.05, 0.1) is 28.8 Å². The Morgan fingerprint density at radius 1 is 1.00 bits per heavy atom. The highest BCUT2D eigenvalue weighted by Gasteiger charge is 2.16. The third-order valence-corrected chi connectivity index (χ3v) is 4.52. The van der Waals surface area contributed by atoms with Crippen LogP contribution < -0.4 is 5.32 Å². The Bertz CT molecular complexity index is 1090. The number of nitrogens with zero attached hydrogens (tertiary/aromatic N) is 4. The van der Waals surface area contributed by atoms with Gasteiger partial charge >= 0.3 is 0 Å². The molecule has 0 spiro atoms. The Balaban J connectivity index is 1.53. The number of hydrogen-bond acceptors (Lipinski definition) is 4. The fourth-order valence-electron chi connectivity index (χ4n) is 3.08. The SMILES string of the molecule is Cc1c(C(=O)NCc2cccnc2-c2cccnc2)cnn1-c1ccccc1. The molecule has 6 nitrogen and oxygen atoms in total. The monoisotopic (exact) mass is 369 g/mol. The van der Waals surface area contributed by atoms with Gasteiger partial charge in [0, 0.05) is 30.7 Å². The Labute approximate surface area is 162 Å². The number of hydrogen-bond donors (Lipinski definition) is 1. The highest BCUT2D eigenvalue weighted by atomic mass is 16.1. The molecule has 0 radical (unpaired) electrons. The zero-order valence-corrected chi connectivity index (χ0v) is 15.4. The largest absolute Gasteiger partial charge is 0.348 e. The zero-order chi connectivity index (χ0) is 19.3. The van der Waals surface area contributed by atoms with Crippen molar-refractivity contribution < 1.29 is 4.79 Å². The molecule has 0 fully saturated rings. The van der Waals surface area contributed by atoms with E-state index in [9.17, 15) is 4.79 Å². The maximum absolute atomic E-state index is 12.7. The molecule has 1 amide bonds. The number of carbonyl (C=O) groups excluding carboxylic acids is 1. The fourth-order valence-corrected chi connectivity index (χ4v) is 3.08. The Morgan fingerprint density at radius 2 is 1.82 bits per heavy atom. The lowest BCUT2D eigenvalue weighted by Gasteiger charge is -2.10. The lowest BCUT2D eigenvalue weighted by atomic mass is 10.1. The average molecular weight is 369 g/mol. The summed E-state index contributed by atoms with van der Waals surface area (Å²) in [5, 5.41) is 7.34. The van der Waals surface area contributed by atoms with E-state index in [1.807, 2.05) is 61.5 Å². The third kappa shape index (κ3) is 3.53. The van der Waals surface area contributed by atoms with E-state index >= 15 is 0 Å². The number of carbonyl (C=O) groups is 1. The van der Waals surface area contributed by atoms with Gasteiger partial charge in [0.2, 0.25) is 0 Å². The van der Waals surface area contributed by atoms with Crippen LogP contribution in [0.4, 0.5) is 0 Å². The van der Waals surface area contributed by atoms with Crippen LogP contribution in [0.15, 0.2) is 79.4 Å². The van der Waals surface area contributed by atoms with Crippen LogP contribution in [0.1, 0.15) is 21.6 Å². The van der Waals surface area contributed by atoms with Crippen molar-refractivity contribution in [1.29, 1.82) is 0 Å². The first kappa shape index (κ1) is 17.6. The molecular weight excluding hydrogens is 350 g/mol. The van der Waals surface area contributed by atoms with E-state index < -0.39 is 0 Å². The van der Waals surface area contributed by atoms with E-state index in [1.165, 1.54) is 0 Å². The van der Waals surface area contributed by atoms with E-state index in [1.54, 1.807) is 29.5 Å². The first-order chi connectivity index (χ1) is 13.7. The van der Waals surface area contributed by atoms with Gasteiger partial charge in [-0.05, 0) is 42.8 Å². The molecule has 6 heteroatoms. The molecular formula is C22H19N5O. The summed E-state index contributed by atoms with van der Waals surface area (Å²) < 4.78 is 1.76. The van der Waals surface area contributed by atoms with E-state index in [4.69, 9.17) is 0 Å². The molecule has 0 atom stereocenters. The molecule has 4 aromatic rings. The van der Waals surface area contributed by atoms with Crippen molar-refractivity contribution in [2.75, 3.05) is 0 Å². The molecule has 3 aromatic heterocycles. The van der Waals surface area contributed by atoms with Crippen molar-refractivity contribution >= 4 is 5.91 Å². The number of benzene rings is 1. The topological polar surface area (TPSA) is 72.7 Å². The van der Waals surface area contributed by atoms with Crippen molar-refractivity contribution in [2.45, 2.75) is 13.5 Å². The molecule has 0 bridgehead atoms. The number of pyridine rings is 2. The van der Waals surface area contributed by atoms with Gasteiger partial charge in [0.25, 0.3) is 5.91 Å². The van der Waals surface area contributed by atoms with Crippen molar-refractivity contribution in [3.8, 4) is 16.9 Å². The van der Waals surface area contributed by atoms with Crippen LogP contribution >= 0.6 is 0 Å². The molecule has 4 rings (SSSR count). The van der Waals surface area contributed by atoms with E-state index in [0.717, 1.165) is 28.2 Å². The minimum absolute atomic E-state index is 0.166. The Morgan fingerprint density at radius 3 is 2.61 bits per heavy atom. The lowest BCUT2D eigenvalue weighted by molar-refractivity contribution is 0.0950. The van der Waals surface area contributed by atoms with Crippen molar-refractivity contribution in [3.63, 3.8) is 0 Å². The molecule has 0 unspecified atom stereocenters. The summed E-state index contributed by atoms with van der Waals surface area (Å²) in [7, 11) is 0. The predicted octanol–water partition coefficient (Wildman–Crippen LogP) is 3.57. The third-order valence-electron chi connectivity index (χ3n) is 4.52. The molecule has 0 aliphatic heterocycles. The molecule has 138 valence electrons. The fraction of sp³-hybridized carbons (Fsp3) is 0.0909. The van der Waals surface area contributed by atoms with Gasteiger partial charge in [0.1, 0.15) is 0 Å². The van der Waals surface area contributed by atoms with E-state index in [0.29, 0.717) is 12.1 Å². The molecule has 3 heterocycles. The highest BCUT2D eigenvalue weighted by Crippen LogP contribution is 2.20. The molecule has 0 saturated carbocycles. The standard InChI is InChI=1S/C22H19N5O/c1-16-20(15-26-27(16)19-9-3-2-4-10-19)22(28)25-14-18-8-6-12-24-21(18)17-7-5-11-23-13-17/h2-13,15H,14H2,1H3,(H,25,28). The number of rotatable bonds is 5. The van der Waals surface area contributed by atoms with Crippen LogP contribution in [-0.4, -0.2) is 25.7 Å². The second kappa shape index (κ2) is 7.84. The summed E-state index contributed by atoms with van der Waals surface area (Å²) in [5.41, 5.74) is 4.92. The number of para-hydroxylation sites is 1. The summed E-state index contributed by atoms with van der Waals surface area (Å²) in [6.07, 6.45) is 6.83. The predicted molar refractivity (Wildman–Crippen MR) is 107 cm³/mol. The Hall–Kier alpha value is -3.80. The zero-order valence-electron chi connectivity index (χ0n) is 15.4. The van der Waals surface area contributed by atoms with Gasteiger partial charge in [-0.15, -0.1) is 0 Å². The normalized spacial score (nSPS) is 10.6. The van der Waals surface area contributed by atoms with Crippen molar-refractivity contribution in [3.05, 3.63) is 96.2 Å². The quantitative estimate of drug-likeness (QED) is 0.584.